The van der Waals surface area contributed by atoms with Crippen LogP contribution in [0, 0.1) is 11.8 Å². The predicted octanol–water partition coefficient (Wildman–Crippen LogP) is 1.94. The molecule has 1 aromatic rings. The number of esters is 1. The Morgan fingerprint density at radius 2 is 1.80 bits per heavy atom. The quantitative estimate of drug-likeness (QED) is 0.577. The highest BCUT2D eigenvalue weighted by molar-refractivity contribution is 5.89. The number of hydrogen-bond donors (Lipinski definition) is 0. The van der Waals surface area contributed by atoms with Crippen molar-refractivity contribution in [2.45, 2.75) is 39.0 Å². The molecule has 134 valence electrons. The minimum absolute atomic E-state index is 0.0575. The van der Waals surface area contributed by atoms with Crippen molar-refractivity contribution in [2.75, 3.05) is 0 Å². The number of rotatable bonds is 6. The Morgan fingerprint density at radius 1 is 1.16 bits per heavy atom. The molecule has 1 aliphatic rings. The molecule has 0 aromatic heterocycles. The Kier molecular flexibility index (Phi) is 5.56. The van der Waals surface area contributed by atoms with Crippen LogP contribution in [0.25, 0.3) is 0 Å². The third kappa shape index (κ3) is 4.65. The van der Waals surface area contributed by atoms with Crippen molar-refractivity contribution in [1.82, 2.24) is 4.90 Å². The second-order valence-electron chi connectivity index (χ2n) is 6.82. The minimum Gasteiger partial charge on any atom is -0.461 e. The van der Waals surface area contributed by atoms with Gasteiger partial charge in [-0.25, -0.2) is 9.69 Å². The van der Waals surface area contributed by atoms with Crippen LogP contribution in [-0.4, -0.2) is 41.3 Å². The molecule has 0 unspecified atom stereocenters. The summed E-state index contributed by atoms with van der Waals surface area (Å²) in [6.45, 7) is 5.03. The maximum Gasteiger partial charge on any atom is 0.417 e. The molecule has 1 saturated carbocycles. The van der Waals surface area contributed by atoms with Gasteiger partial charge in [-0.15, -0.1) is 0 Å². The molecular formula is C18H21NO6. The van der Waals surface area contributed by atoms with E-state index < -0.39 is 35.5 Å². The van der Waals surface area contributed by atoms with Gasteiger partial charge in [0.25, 0.3) is 0 Å². The first-order chi connectivity index (χ1) is 11.8. The van der Waals surface area contributed by atoms with Crippen molar-refractivity contribution in [3.05, 3.63) is 35.9 Å². The lowest BCUT2D eigenvalue weighted by Crippen LogP contribution is -2.39. The zero-order valence-corrected chi connectivity index (χ0v) is 14.4. The SMILES string of the molecule is CC(C)(C)OC(=O)N(C=O)[C@@H]1[C@H](C=O)[C@H]1C(=O)OCc1ccccc1. The topological polar surface area (TPSA) is 90.0 Å². The highest BCUT2D eigenvalue weighted by Gasteiger charge is 2.61. The smallest absolute Gasteiger partial charge is 0.417 e. The summed E-state index contributed by atoms with van der Waals surface area (Å²) in [5.41, 5.74) is 0.00262. The molecule has 1 aliphatic carbocycles. The largest absolute Gasteiger partial charge is 0.461 e. The fraction of sp³-hybridized carbons (Fsp3) is 0.444. The molecule has 0 N–H and O–H groups in total. The van der Waals surface area contributed by atoms with E-state index >= 15 is 0 Å². The monoisotopic (exact) mass is 347 g/mol. The van der Waals surface area contributed by atoms with Gasteiger partial charge in [0.15, 0.2) is 0 Å². The zero-order chi connectivity index (χ0) is 18.6. The Morgan fingerprint density at radius 3 is 2.32 bits per heavy atom. The van der Waals surface area contributed by atoms with Gasteiger partial charge in [-0.2, -0.15) is 0 Å². The third-order valence-electron chi connectivity index (χ3n) is 3.73. The molecule has 0 spiro atoms. The van der Waals surface area contributed by atoms with Gasteiger partial charge in [-0.1, -0.05) is 30.3 Å². The second-order valence-corrected chi connectivity index (χ2v) is 6.82. The average Bonchev–Trinajstić information content (AvgIpc) is 3.26. The summed E-state index contributed by atoms with van der Waals surface area (Å²) in [7, 11) is 0. The van der Waals surface area contributed by atoms with E-state index in [-0.39, 0.29) is 13.0 Å². The van der Waals surface area contributed by atoms with Gasteiger partial charge in [0.2, 0.25) is 6.41 Å². The Labute approximate surface area is 145 Å². The highest BCUT2D eigenvalue weighted by Crippen LogP contribution is 2.43. The molecular weight excluding hydrogens is 326 g/mol. The molecule has 0 radical (unpaired) electrons. The Bertz CT molecular complexity index is 651. The van der Waals surface area contributed by atoms with Crippen LogP contribution in [0.1, 0.15) is 26.3 Å². The van der Waals surface area contributed by atoms with Gasteiger partial charge in [-0.3, -0.25) is 9.59 Å². The number of nitrogens with zero attached hydrogens (tertiary/aromatic N) is 1. The molecule has 0 heterocycles. The maximum absolute atomic E-state index is 12.2. The minimum atomic E-state index is -0.891. The Balaban J connectivity index is 2.01. The van der Waals surface area contributed by atoms with Crippen LogP contribution in [0.2, 0.25) is 0 Å². The predicted molar refractivity (Wildman–Crippen MR) is 87.2 cm³/mol. The van der Waals surface area contributed by atoms with Crippen LogP contribution in [-0.2, 0) is 30.5 Å². The first kappa shape index (κ1) is 18.6. The molecule has 1 fully saturated rings. The van der Waals surface area contributed by atoms with E-state index in [0.717, 1.165) is 10.5 Å². The van der Waals surface area contributed by atoms with Crippen LogP contribution in [0.3, 0.4) is 0 Å². The number of hydrogen-bond acceptors (Lipinski definition) is 6. The van der Waals surface area contributed by atoms with Crippen molar-refractivity contribution >= 4 is 24.8 Å². The summed E-state index contributed by atoms with van der Waals surface area (Å²) in [6.07, 6.45) is -0.0580. The lowest BCUT2D eigenvalue weighted by atomic mass is 10.2. The standard InChI is InChI=1S/C18H21NO6/c1-18(2,3)25-17(23)19(11-21)15-13(9-20)14(15)16(22)24-10-12-7-5-4-6-8-12/h4-9,11,13-15H,10H2,1-3H3/t13-,14-,15-/m1/s1. The van der Waals surface area contributed by atoms with Crippen molar-refractivity contribution in [1.29, 1.82) is 0 Å². The van der Waals surface area contributed by atoms with Gasteiger partial charge in [0.05, 0.1) is 17.9 Å². The average molecular weight is 347 g/mol. The van der Waals surface area contributed by atoms with Gasteiger partial charge in [0.1, 0.15) is 18.5 Å². The van der Waals surface area contributed by atoms with E-state index in [1.165, 1.54) is 0 Å². The number of carbonyl (C=O) groups excluding carboxylic acids is 4. The first-order valence-corrected chi connectivity index (χ1v) is 7.91. The fourth-order valence-corrected chi connectivity index (χ4v) is 2.51. The third-order valence-corrected chi connectivity index (χ3v) is 3.73. The molecule has 0 bridgehead atoms. The number of benzene rings is 1. The van der Waals surface area contributed by atoms with Crippen LogP contribution in [0.5, 0.6) is 0 Å². The molecule has 0 aliphatic heterocycles. The van der Waals surface area contributed by atoms with E-state index in [9.17, 15) is 19.2 Å². The van der Waals surface area contributed by atoms with Gasteiger partial charge in [-0.05, 0) is 26.3 Å². The summed E-state index contributed by atoms with van der Waals surface area (Å²) in [6, 6.07) is 8.20. The number of ether oxygens (including phenoxy) is 2. The normalized spacial score (nSPS) is 21.8. The van der Waals surface area contributed by atoms with Crippen molar-refractivity contribution in [2.24, 2.45) is 11.8 Å². The highest BCUT2D eigenvalue weighted by atomic mass is 16.6. The number of carbonyl (C=O) groups is 4. The van der Waals surface area contributed by atoms with Crippen LogP contribution < -0.4 is 0 Å². The lowest BCUT2D eigenvalue weighted by Gasteiger charge is -2.23. The molecule has 25 heavy (non-hydrogen) atoms. The van der Waals surface area contributed by atoms with Crippen LogP contribution >= 0.6 is 0 Å². The number of imide groups is 1. The molecule has 7 heteroatoms. The van der Waals surface area contributed by atoms with Crippen LogP contribution in [0.4, 0.5) is 4.79 Å². The van der Waals surface area contributed by atoms with Crippen LogP contribution in [0.15, 0.2) is 30.3 Å². The van der Waals surface area contributed by atoms with Crippen molar-refractivity contribution in [3.8, 4) is 0 Å². The summed E-state index contributed by atoms with van der Waals surface area (Å²) in [5.74, 6) is -2.26. The molecule has 2 amide bonds. The zero-order valence-electron chi connectivity index (χ0n) is 14.4. The molecule has 3 atom stereocenters. The van der Waals surface area contributed by atoms with Gasteiger partial charge >= 0.3 is 12.1 Å². The Hall–Kier alpha value is -2.70. The van der Waals surface area contributed by atoms with E-state index in [4.69, 9.17) is 9.47 Å². The molecule has 1 aromatic carbocycles. The van der Waals surface area contributed by atoms with E-state index in [2.05, 4.69) is 0 Å². The molecule has 7 nitrogen and oxygen atoms in total. The van der Waals surface area contributed by atoms with Crippen molar-refractivity contribution in [3.63, 3.8) is 0 Å². The van der Waals surface area contributed by atoms with E-state index in [1.807, 2.05) is 18.2 Å². The number of amides is 2. The van der Waals surface area contributed by atoms with E-state index in [1.54, 1.807) is 32.9 Å². The molecule has 0 saturated heterocycles. The summed E-state index contributed by atoms with van der Waals surface area (Å²) >= 11 is 0. The first-order valence-electron chi connectivity index (χ1n) is 7.91. The summed E-state index contributed by atoms with van der Waals surface area (Å²) < 4.78 is 10.3. The second kappa shape index (κ2) is 7.46. The van der Waals surface area contributed by atoms with Crippen molar-refractivity contribution < 1.29 is 28.7 Å². The summed E-state index contributed by atoms with van der Waals surface area (Å²) in [5, 5.41) is 0. The van der Waals surface area contributed by atoms with E-state index in [0.29, 0.717) is 6.29 Å². The number of aldehydes is 1. The summed E-state index contributed by atoms with van der Waals surface area (Å²) in [4.78, 5) is 47.5. The molecule has 2 rings (SSSR count). The van der Waals surface area contributed by atoms with Gasteiger partial charge in [0, 0.05) is 0 Å². The van der Waals surface area contributed by atoms with Gasteiger partial charge < -0.3 is 14.3 Å². The lowest BCUT2D eigenvalue weighted by molar-refractivity contribution is -0.147. The fourth-order valence-electron chi connectivity index (χ4n) is 2.51. The maximum atomic E-state index is 12.2.